The summed E-state index contributed by atoms with van der Waals surface area (Å²) >= 11 is 0. The Balaban J connectivity index is 2.30. The topological polar surface area (TPSA) is 47.3 Å². The number of halogens is 2. The molecule has 106 valence electrons. The molecular formula is C15H16F2N2O. The Kier molecular flexibility index (Phi) is 4.53. The van der Waals surface area contributed by atoms with Crippen LogP contribution in [-0.4, -0.2) is 13.7 Å². The van der Waals surface area contributed by atoms with E-state index >= 15 is 0 Å². The van der Waals surface area contributed by atoms with Gasteiger partial charge in [-0.1, -0.05) is 18.2 Å². The number of nitrogen functional groups attached to an aromatic ring is 1. The molecule has 0 amide bonds. The van der Waals surface area contributed by atoms with Crippen LogP contribution in [0.2, 0.25) is 0 Å². The summed E-state index contributed by atoms with van der Waals surface area (Å²) in [6.07, 6.45) is 0.651. The number of rotatable bonds is 5. The third kappa shape index (κ3) is 3.24. The van der Waals surface area contributed by atoms with Gasteiger partial charge in [-0.2, -0.15) is 0 Å². The fourth-order valence-electron chi connectivity index (χ4n) is 1.92. The Morgan fingerprint density at radius 3 is 2.45 bits per heavy atom. The van der Waals surface area contributed by atoms with Crippen molar-refractivity contribution in [3.63, 3.8) is 0 Å². The Bertz CT molecular complexity index is 579. The number of nitrogens with one attached hydrogen (secondary N) is 1. The maximum atomic E-state index is 13.8. The van der Waals surface area contributed by atoms with Gasteiger partial charge in [0.05, 0.1) is 6.61 Å². The minimum absolute atomic E-state index is 0.0539. The van der Waals surface area contributed by atoms with Gasteiger partial charge in [-0.25, -0.2) is 8.78 Å². The van der Waals surface area contributed by atoms with Gasteiger partial charge >= 0.3 is 0 Å². The summed E-state index contributed by atoms with van der Waals surface area (Å²) in [6, 6.07) is 9.48. The number of hydrogen-bond donors (Lipinski definition) is 2. The normalized spacial score (nSPS) is 10.6. The Hall–Kier alpha value is -2.14. The first-order valence-corrected chi connectivity index (χ1v) is 6.20. The third-order valence-electron chi connectivity index (χ3n) is 2.92. The molecule has 3 nitrogen and oxygen atoms in total. The highest BCUT2D eigenvalue weighted by molar-refractivity contribution is 5.66. The van der Waals surface area contributed by atoms with E-state index in [1.165, 1.54) is 0 Å². The van der Waals surface area contributed by atoms with Crippen LogP contribution in [-0.2, 0) is 11.2 Å². The molecule has 2 rings (SSSR count). The van der Waals surface area contributed by atoms with Crippen molar-refractivity contribution in [3.8, 4) is 0 Å². The van der Waals surface area contributed by atoms with Crippen LogP contribution < -0.4 is 11.1 Å². The Morgan fingerprint density at radius 2 is 1.80 bits per heavy atom. The van der Waals surface area contributed by atoms with Crippen molar-refractivity contribution >= 4 is 17.1 Å². The van der Waals surface area contributed by atoms with E-state index in [1.54, 1.807) is 19.2 Å². The number of ether oxygens (including phenoxy) is 1. The largest absolute Gasteiger partial charge is 0.399 e. The monoisotopic (exact) mass is 278 g/mol. The quantitative estimate of drug-likeness (QED) is 0.823. The van der Waals surface area contributed by atoms with E-state index in [0.29, 0.717) is 18.7 Å². The molecule has 3 N–H and O–H groups in total. The highest BCUT2D eigenvalue weighted by Gasteiger charge is 2.12. The second kappa shape index (κ2) is 6.34. The lowest BCUT2D eigenvalue weighted by Gasteiger charge is -2.13. The number of para-hydroxylation sites is 1. The predicted molar refractivity (Wildman–Crippen MR) is 76.1 cm³/mol. The van der Waals surface area contributed by atoms with Crippen LogP contribution in [0, 0.1) is 11.6 Å². The predicted octanol–water partition coefficient (Wildman–Crippen LogP) is 3.48. The summed E-state index contributed by atoms with van der Waals surface area (Å²) in [5.41, 5.74) is 6.81. The van der Waals surface area contributed by atoms with Crippen molar-refractivity contribution in [1.29, 1.82) is 0 Å². The summed E-state index contributed by atoms with van der Waals surface area (Å²) in [6.45, 7) is 0.533. The molecule has 0 saturated carbocycles. The average Bonchev–Trinajstić information content (AvgIpc) is 2.41. The van der Waals surface area contributed by atoms with Gasteiger partial charge in [0.2, 0.25) is 0 Å². The van der Waals surface area contributed by atoms with Crippen molar-refractivity contribution in [3.05, 3.63) is 53.6 Å². The first-order valence-electron chi connectivity index (χ1n) is 6.20. The van der Waals surface area contributed by atoms with Crippen molar-refractivity contribution in [2.45, 2.75) is 6.42 Å². The van der Waals surface area contributed by atoms with Gasteiger partial charge in [-0.05, 0) is 30.2 Å². The lowest BCUT2D eigenvalue weighted by atomic mass is 10.1. The molecule has 0 fully saturated rings. The van der Waals surface area contributed by atoms with Crippen molar-refractivity contribution in [2.24, 2.45) is 0 Å². The highest BCUT2D eigenvalue weighted by Crippen LogP contribution is 2.27. The molecule has 0 aliphatic rings. The molecule has 0 spiro atoms. The molecule has 0 unspecified atom stereocenters. The first kappa shape index (κ1) is 14.3. The van der Waals surface area contributed by atoms with E-state index < -0.39 is 11.6 Å². The van der Waals surface area contributed by atoms with E-state index in [9.17, 15) is 8.78 Å². The Labute approximate surface area is 116 Å². The summed E-state index contributed by atoms with van der Waals surface area (Å²) in [5, 5.41) is 2.78. The van der Waals surface area contributed by atoms with Gasteiger partial charge in [0, 0.05) is 18.5 Å². The molecule has 20 heavy (non-hydrogen) atoms. The lowest BCUT2D eigenvalue weighted by molar-refractivity contribution is 0.202. The molecule has 0 aromatic heterocycles. The molecule has 2 aromatic carbocycles. The minimum Gasteiger partial charge on any atom is -0.399 e. The molecule has 0 radical (unpaired) electrons. The zero-order valence-electron chi connectivity index (χ0n) is 11.1. The van der Waals surface area contributed by atoms with Crippen LogP contribution in [0.4, 0.5) is 25.8 Å². The van der Waals surface area contributed by atoms with E-state index in [0.717, 1.165) is 17.7 Å². The standard InChI is InChI=1S/C15H16F2N2O/c1-20-7-6-10-4-2-3-5-14(10)19-15-12(16)8-11(18)9-13(15)17/h2-5,8-9,19H,6-7,18H2,1H3. The fraction of sp³-hybridized carbons (Fsp3) is 0.200. The fourth-order valence-corrected chi connectivity index (χ4v) is 1.92. The number of methoxy groups -OCH3 is 1. The lowest BCUT2D eigenvalue weighted by Crippen LogP contribution is -2.03. The molecule has 2 aromatic rings. The zero-order chi connectivity index (χ0) is 14.5. The van der Waals surface area contributed by atoms with Crippen LogP contribution in [0.5, 0.6) is 0 Å². The van der Waals surface area contributed by atoms with Crippen molar-refractivity contribution < 1.29 is 13.5 Å². The van der Waals surface area contributed by atoms with E-state index in [4.69, 9.17) is 10.5 Å². The number of nitrogens with two attached hydrogens (primary N) is 1. The number of hydrogen-bond acceptors (Lipinski definition) is 3. The zero-order valence-corrected chi connectivity index (χ0v) is 11.1. The second-order valence-corrected chi connectivity index (χ2v) is 4.38. The summed E-state index contributed by atoms with van der Waals surface area (Å²) in [5.74, 6) is -1.44. The van der Waals surface area contributed by atoms with Crippen LogP contribution in [0.3, 0.4) is 0 Å². The third-order valence-corrected chi connectivity index (χ3v) is 2.92. The molecule has 0 aliphatic heterocycles. The molecule has 0 bridgehead atoms. The number of anilines is 3. The average molecular weight is 278 g/mol. The molecule has 0 saturated heterocycles. The smallest absolute Gasteiger partial charge is 0.151 e. The SMILES string of the molecule is COCCc1ccccc1Nc1c(F)cc(N)cc1F. The number of benzene rings is 2. The minimum atomic E-state index is -0.718. The van der Waals surface area contributed by atoms with Crippen molar-refractivity contribution in [1.82, 2.24) is 0 Å². The summed E-state index contributed by atoms with van der Waals surface area (Å²) < 4.78 is 32.6. The first-order chi connectivity index (χ1) is 9.61. The Morgan fingerprint density at radius 1 is 1.15 bits per heavy atom. The van der Waals surface area contributed by atoms with E-state index in [-0.39, 0.29) is 11.4 Å². The molecule has 0 aliphatic carbocycles. The van der Waals surface area contributed by atoms with E-state index in [1.807, 2.05) is 12.1 Å². The second-order valence-electron chi connectivity index (χ2n) is 4.38. The van der Waals surface area contributed by atoms with Gasteiger partial charge < -0.3 is 15.8 Å². The maximum absolute atomic E-state index is 13.8. The molecule has 0 atom stereocenters. The summed E-state index contributed by atoms with van der Waals surface area (Å²) in [7, 11) is 1.61. The van der Waals surface area contributed by atoms with E-state index in [2.05, 4.69) is 5.32 Å². The highest BCUT2D eigenvalue weighted by atomic mass is 19.1. The van der Waals surface area contributed by atoms with Gasteiger partial charge in [0.1, 0.15) is 5.69 Å². The van der Waals surface area contributed by atoms with Gasteiger partial charge in [0.25, 0.3) is 0 Å². The van der Waals surface area contributed by atoms with Gasteiger partial charge in [-0.15, -0.1) is 0 Å². The van der Waals surface area contributed by atoms with Crippen molar-refractivity contribution in [2.75, 3.05) is 24.8 Å². The van der Waals surface area contributed by atoms with Crippen LogP contribution in [0.15, 0.2) is 36.4 Å². The maximum Gasteiger partial charge on any atom is 0.151 e. The van der Waals surface area contributed by atoms with Crippen LogP contribution in [0.25, 0.3) is 0 Å². The van der Waals surface area contributed by atoms with Crippen LogP contribution >= 0.6 is 0 Å². The van der Waals surface area contributed by atoms with Gasteiger partial charge in [0.15, 0.2) is 11.6 Å². The molecule has 5 heteroatoms. The molecular weight excluding hydrogens is 262 g/mol. The van der Waals surface area contributed by atoms with Gasteiger partial charge in [-0.3, -0.25) is 0 Å². The molecule has 0 heterocycles. The summed E-state index contributed by atoms with van der Waals surface area (Å²) in [4.78, 5) is 0. The van der Waals surface area contributed by atoms with Crippen LogP contribution in [0.1, 0.15) is 5.56 Å².